The molecule has 2 heterocycles. The maximum absolute atomic E-state index is 12.8. The molecule has 106 valence electrons. The largest absolute Gasteiger partial charge is 0.443 e. The summed E-state index contributed by atoms with van der Waals surface area (Å²) in [6.45, 7) is 5.32. The number of imide groups is 1. The zero-order valence-electron chi connectivity index (χ0n) is 11.5. The van der Waals surface area contributed by atoms with E-state index in [1.54, 1.807) is 26.8 Å². The van der Waals surface area contributed by atoms with Crippen LogP contribution >= 0.6 is 0 Å². The Bertz CT molecular complexity index is 573. The van der Waals surface area contributed by atoms with E-state index in [9.17, 15) is 14.0 Å². The van der Waals surface area contributed by atoms with Crippen LogP contribution in [-0.2, 0) is 9.53 Å². The third kappa shape index (κ3) is 3.01. The normalized spacial score (nSPS) is 15.3. The Labute approximate surface area is 116 Å². The van der Waals surface area contributed by atoms with E-state index in [1.165, 1.54) is 18.3 Å². The summed E-state index contributed by atoms with van der Waals surface area (Å²) in [5.41, 5.74) is 0.128. The average molecular weight is 278 g/mol. The van der Waals surface area contributed by atoms with Crippen LogP contribution < -0.4 is 0 Å². The highest BCUT2D eigenvalue weighted by molar-refractivity contribution is 6.25. The Morgan fingerprint density at radius 2 is 2.10 bits per heavy atom. The number of nitrogens with zero attached hydrogens (tertiary/aromatic N) is 2. The lowest BCUT2D eigenvalue weighted by Crippen LogP contribution is -2.38. The van der Waals surface area contributed by atoms with Crippen molar-refractivity contribution in [3.63, 3.8) is 0 Å². The highest BCUT2D eigenvalue weighted by Crippen LogP contribution is 2.23. The van der Waals surface area contributed by atoms with E-state index < -0.39 is 23.5 Å². The molecule has 0 saturated carbocycles. The molecule has 0 saturated heterocycles. The summed E-state index contributed by atoms with van der Waals surface area (Å²) in [5.74, 6) is -1.09. The minimum atomic E-state index is -0.691. The van der Waals surface area contributed by atoms with Crippen LogP contribution in [-0.4, -0.2) is 34.0 Å². The lowest BCUT2D eigenvalue weighted by Gasteiger charge is -2.23. The molecule has 0 N–H and O–H groups in total. The minimum absolute atomic E-state index is 0.139. The van der Waals surface area contributed by atoms with Crippen LogP contribution in [0.4, 0.5) is 9.18 Å². The molecule has 0 bridgehead atoms. The number of carbonyl (C=O) groups excluding carboxylic acids is 2. The van der Waals surface area contributed by atoms with E-state index in [1.807, 2.05) is 0 Å². The van der Waals surface area contributed by atoms with E-state index in [-0.39, 0.29) is 6.54 Å². The van der Waals surface area contributed by atoms with Gasteiger partial charge >= 0.3 is 6.09 Å². The summed E-state index contributed by atoms with van der Waals surface area (Å²) in [6.07, 6.45) is 2.17. The van der Waals surface area contributed by atoms with Crippen molar-refractivity contribution in [3.8, 4) is 0 Å². The monoisotopic (exact) mass is 278 g/mol. The molecule has 20 heavy (non-hydrogen) atoms. The zero-order chi connectivity index (χ0) is 14.9. The van der Waals surface area contributed by atoms with E-state index in [0.29, 0.717) is 11.1 Å². The van der Waals surface area contributed by atoms with E-state index in [2.05, 4.69) is 4.98 Å². The molecule has 1 aromatic heterocycles. The van der Waals surface area contributed by atoms with Gasteiger partial charge < -0.3 is 4.74 Å². The molecule has 0 fully saturated rings. The molecule has 1 aliphatic heterocycles. The number of carbonyl (C=O) groups is 2. The van der Waals surface area contributed by atoms with E-state index in [0.717, 1.165) is 4.90 Å². The first-order valence-corrected chi connectivity index (χ1v) is 6.15. The molecule has 0 unspecified atom stereocenters. The van der Waals surface area contributed by atoms with Gasteiger partial charge in [-0.3, -0.25) is 4.79 Å². The first-order valence-electron chi connectivity index (χ1n) is 6.15. The van der Waals surface area contributed by atoms with E-state index in [4.69, 9.17) is 4.74 Å². The number of pyridine rings is 1. The third-order valence-corrected chi connectivity index (χ3v) is 2.61. The standard InChI is InChI=1S/C14H15FN2O3/c1-14(2,3)20-13(19)17-7-6-10(12(17)18)9-4-5-11(15)16-8-9/h4-6,8H,7H2,1-3H3. The summed E-state index contributed by atoms with van der Waals surface area (Å²) >= 11 is 0. The number of hydrogen-bond acceptors (Lipinski definition) is 4. The van der Waals surface area contributed by atoms with Crippen LogP contribution in [0.25, 0.3) is 5.57 Å². The molecule has 0 aromatic carbocycles. The van der Waals surface area contributed by atoms with Crippen LogP contribution in [0.3, 0.4) is 0 Å². The van der Waals surface area contributed by atoms with Gasteiger partial charge in [0.15, 0.2) is 0 Å². The van der Waals surface area contributed by atoms with Gasteiger partial charge in [0, 0.05) is 17.3 Å². The average Bonchev–Trinajstić information content (AvgIpc) is 2.70. The van der Waals surface area contributed by atoms with Gasteiger partial charge in [-0.1, -0.05) is 6.08 Å². The molecule has 2 amide bonds. The number of ether oxygens (including phenoxy) is 1. The predicted molar refractivity (Wildman–Crippen MR) is 70.1 cm³/mol. The van der Waals surface area contributed by atoms with Gasteiger partial charge in [0.1, 0.15) is 5.60 Å². The molecule has 0 spiro atoms. The van der Waals surface area contributed by atoms with Crippen LogP contribution in [0.1, 0.15) is 26.3 Å². The number of rotatable bonds is 1. The Kier molecular flexibility index (Phi) is 3.57. The summed E-state index contributed by atoms with van der Waals surface area (Å²) in [4.78, 5) is 28.5. The van der Waals surface area contributed by atoms with Crippen molar-refractivity contribution in [1.29, 1.82) is 0 Å². The minimum Gasteiger partial charge on any atom is -0.443 e. The van der Waals surface area contributed by atoms with Gasteiger partial charge in [-0.15, -0.1) is 0 Å². The second-order valence-corrected chi connectivity index (χ2v) is 5.38. The SMILES string of the molecule is CC(C)(C)OC(=O)N1CC=C(c2ccc(F)nc2)C1=O. The molecule has 0 radical (unpaired) electrons. The maximum Gasteiger partial charge on any atom is 0.417 e. The van der Waals surface area contributed by atoms with Crippen LogP contribution in [0.2, 0.25) is 0 Å². The van der Waals surface area contributed by atoms with Crippen LogP contribution in [0.5, 0.6) is 0 Å². The van der Waals surface area contributed by atoms with Gasteiger partial charge in [-0.25, -0.2) is 14.7 Å². The molecule has 0 aliphatic carbocycles. The number of hydrogen-bond donors (Lipinski definition) is 0. The molecule has 1 aliphatic rings. The van der Waals surface area contributed by atoms with Crippen LogP contribution in [0, 0.1) is 5.95 Å². The maximum atomic E-state index is 12.8. The summed E-state index contributed by atoms with van der Waals surface area (Å²) < 4.78 is 17.9. The third-order valence-electron chi connectivity index (χ3n) is 2.61. The molecular weight excluding hydrogens is 263 g/mol. The number of amides is 2. The molecule has 2 rings (SSSR count). The van der Waals surface area contributed by atoms with Crippen molar-refractivity contribution < 1.29 is 18.7 Å². The molecule has 6 heteroatoms. The Hall–Kier alpha value is -2.24. The second kappa shape index (κ2) is 5.03. The fraction of sp³-hybridized carbons (Fsp3) is 0.357. The van der Waals surface area contributed by atoms with Crippen molar-refractivity contribution in [1.82, 2.24) is 9.88 Å². The smallest absolute Gasteiger partial charge is 0.417 e. The molecule has 5 nitrogen and oxygen atoms in total. The van der Waals surface area contributed by atoms with Crippen LogP contribution in [0.15, 0.2) is 24.4 Å². The number of halogens is 1. The topological polar surface area (TPSA) is 59.5 Å². The quantitative estimate of drug-likeness (QED) is 0.740. The first-order chi connectivity index (χ1) is 9.28. The fourth-order valence-corrected chi connectivity index (χ4v) is 1.75. The predicted octanol–water partition coefficient (Wildman–Crippen LogP) is 2.38. The Balaban J connectivity index is 2.13. The van der Waals surface area contributed by atoms with Gasteiger partial charge in [0.25, 0.3) is 5.91 Å². The lowest BCUT2D eigenvalue weighted by atomic mass is 10.1. The zero-order valence-corrected chi connectivity index (χ0v) is 11.5. The van der Waals surface area contributed by atoms with Gasteiger partial charge in [-0.2, -0.15) is 4.39 Å². The number of aromatic nitrogens is 1. The van der Waals surface area contributed by atoms with Gasteiger partial charge in [-0.05, 0) is 32.9 Å². The lowest BCUT2D eigenvalue weighted by molar-refractivity contribution is -0.123. The van der Waals surface area contributed by atoms with Crippen molar-refractivity contribution in [3.05, 3.63) is 35.9 Å². The fourth-order valence-electron chi connectivity index (χ4n) is 1.75. The van der Waals surface area contributed by atoms with Crippen molar-refractivity contribution >= 4 is 17.6 Å². The Morgan fingerprint density at radius 1 is 1.40 bits per heavy atom. The molecule has 1 aromatic rings. The van der Waals surface area contributed by atoms with Crippen molar-refractivity contribution in [2.45, 2.75) is 26.4 Å². The summed E-state index contributed by atoms with van der Waals surface area (Å²) in [6, 6.07) is 2.62. The van der Waals surface area contributed by atoms with Gasteiger partial charge in [0.2, 0.25) is 5.95 Å². The van der Waals surface area contributed by atoms with Crippen molar-refractivity contribution in [2.24, 2.45) is 0 Å². The summed E-state index contributed by atoms with van der Waals surface area (Å²) in [5, 5.41) is 0. The highest BCUT2D eigenvalue weighted by Gasteiger charge is 2.33. The highest BCUT2D eigenvalue weighted by atomic mass is 19.1. The van der Waals surface area contributed by atoms with Gasteiger partial charge in [0.05, 0.1) is 6.54 Å². The Morgan fingerprint density at radius 3 is 2.65 bits per heavy atom. The first kappa shape index (κ1) is 14.2. The van der Waals surface area contributed by atoms with E-state index >= 15 is 0 Å². The van der Waals surface area contributed by atoms with Crippen molar-refractivity contribution in [2.75, 3.05) is 6.54 Å². The molecule has 0 atom stereocenters. The second-order valence-electron chi connectivity index (χ2n) is 5.38. The molecular formula is C14H15FN2O3. The summed E-state index contributed by atoms with van der Waals surface area (Å²) in [7, 11) is 0.